The molecule has 2 heterocycles. The highest BCUT2D eigenvalue weighted by atomic mass is 19.4. The van der Waals surface area contributed by atoms with E-state index in [0.29, 0.717) is 31.9 Å². The maximum absolute atomic E-state index is 12.9. The van der Waals surface area contributed by atoms with Crippen molar-refractivity contribution >= 4 is 28.7 Å². The number of halogens is 3. The maximum Gasteiger partial charge on any atom is 0.391 e. The summed E-state index contributed by atoms with van der Waals surface area (Å²) in [5, 5.41) is 6.36. The normalized spacial score (nSPS) is 17.2. The minimum absolute atomic E-state index is 0.0138. The summed E-state index contributed by atoms with van der Waals surface area (Å²) in [5.74, 6) is -0.617. The predicted molar refractivity (Wildman–Crippen MR) is 119 cm³/mol. The number of amides is 1. The number of nitrogens with zero attached hydrogens (tertiary/aromatic N) is 2. The van der Waals surface area contributed by atoms with Crippen LogP contribution in [0.2, 0.25) is 0 Å². The number of nitrogens with one attached hydrogen (secondary N) is 2. The molecular formula is C23H27F3N4O2. The molecule has 32 heavy (non-hydrogen) atoms. The lowest BCUT2D eigenvalue weighted by Gasteiger charge is -2.34. The van der Waals surface area contributed by atoms with Crippen LogP contribution < -0.4 is 25.2 Å². The summed E-state index contributed by atoms with van der Waals surface area (Å²) in [5.41, 5.74) is 3.35. The van der Waals surface area contributed by atoms with E-state index in [9.17, 15) is 18.0 Å². The number of fused-ring (bicyclic) bond motifs is 1. The second-order valence-electron chi connectivity index (χ2n) is 8.09. The van der Waals surface area contributed by atoms with Crippen molar-refractivity contribution in [1.29, 1.82) is 0 Å². The Kier molecular flexibility index (Phi) is 6.45. The molecule has 1 fully saturated rings. The van der Waals surface area contributed by atoms with E-state index >= 15 is 0 Å². The minimum atomic E-state index is -4.10. The van der Waals surface area contributed by atoms with Crippen molar-refractivity contribution in [3.8, 4) is 5.75 Å². The van der Waals surface area contributed by atoms with Crippen molar-refractivity contribution in [1.82, 2.24) is 5.32 Å². The molecule has 0 atom stereocenters. The average molecular weight is 448 g/mol. The van der Waals surface area contributed by atoms with Crippen molar-refractivity contribution in [2.75, 3.05) is 55.0 Å². The Morgan fingerprint density at radius 3 is 2.41 bits per heavy atom. The number of hydrogen-bond acceptors (Lipinski definition) is 5. The summed E-state index contributed by atoms with van der Waals surface area (Å²) >= 11 is 0. The molecule has 1 saturated heterocycles. The number of likely N-dealkylation sites (N-methyl/N-ethyl adjacent to an activating group) is 1. The maximum atomic E-state index is 12.9. The Hall–Kier alpha value is -2.94. The number of anilines is 4. The highest BCUT2D eigenvalue weighted by molar-refractivity contribution is 5.98. The first kappa shape index (κ1) is 22.3. The van der Waals surface area contributed by atoms with Crippen LogP contribution >= 0.6 is 0 Å². The Morgan fingerprint density at radius 2 is 1.75 bits per heavy atom. The van der Waals surface area contributed by atoms with Crippen LogP contribution in [0.1, 0.15) is 12.8 Å². The number of benzene rings is 2. The number of carbonyl (C=O) groups is 1. The third-order valence-electron chi connectivity index (χ3n) is 5.97. The van der Waals surface area contributed by atoms with Gasteiger partial charge in [-0.1, -0.05) is 0 Å². The largest absolute Gasteiger partial charge is 0.481 e. The molecule has 2 N–H and O–H groups in total. The van der Waals surface area contributed by atoms with Crippen molar-refractivity contribution in [2.45, 2.75) is 19.0 Å². The summed E-state index contributed by atoms with van der Waals surface area (Å²) in [6.45, 7) is 2.08. The smallest absolute Gasteiger partial charge is 0.391 e. The van der Waals surface area contributed by atoms with Crippen LogP contribution in [0.15, 0.2) is 42.5 Å². The van der Waals surface area contributed by atoms with E-state index in [1.165, 1.54) is 0 Å². The second-order valence-corrected chi connectivity index (χ2v) is 8.09. The lowest BCUT2D eigenvalue weighted by molar-refractivity contribution is -0.179. The fourth-order valence-electron chi connectivity index (χ4n) is 4.14. The number of hydrogen-bond donors (Lipinski definition) is 2. The number of ether oxygens (including phenoxy) is 1. The average Bonchev–Trinajstić information content (AvgIpc) is 2.78. The number of rotatable bonds is 6. The van der Waals surface area contributed by atoms with Crippen LogP contribution in [0, 0.1) is 5.92 Å². The van der Waals surface area contributed by atoms with E-state index in [0.717, 1.165) is 22.7 Å². The topological polar surface area (TPSA) is 56.8 Å². The standard InChI is InChI=1S/C23H27F3N4O2/c1-27-10-13-30-20-7-4-18(14-21(20)32-15-22(30)31)28-17-2-5-19(6-3-17)29-11-8-16(9-12-29)23(24,25)26/h2-7,14,16,27-28H,8-13,15H2,1H3. The molecule has 2 aromatic rings. The van der Waals surface area contributed by atoms with E-state index in [4.69, 9.17) is 4.74 Å². The SMILES string of the molecule is CNCCN1C(=O)COc2cc(Nc3ccc(N4CCC(C(F)(F)F)CC4)cc3)ccc21. The fourth-order valence-corrected chi connectivity index (χ4v) is 4.14. The van der Waals surface area contributed by atoms with Gasteiger partial charge in [-0.05, 0) is 56.3 Å². The molecule has 0 spiro atoms. The molecule has 0 aromatic heterocycles. The van der Waals surface area contributed by atoms with Crippen molar-refractivity contribution < 1.29 is 22.7 Å². The van der Waals surface area contributed by atoms with Gasteiger partial charge in [-0.25, -0.2) is 0 Å². The molecule has 0 aliphatic carbocycles. The summed E-state index contributed by atoms with van der Waals surface area (Å²) in [6.07, 6.45) is -3.84. The monoisotopic (exact) mass is 448 g/mol. The summed E-state index contributed by atoms with van der Waals surface area (Å²) < 4.78 is 44.2. The Bertz CT molecular complexity index is 941. The zero-order valence-corrected chi connectivity index (χ0v) is 17.9. The minimum Gasteiger partial charge on any atom is -0.481 e. The summed E-state index contributed by atoms with van der Waals surface area (Å²) in [4.78, 5) is 15.9. The van der Waals surface area contributed by atoms with E-state index in [1.807, 2.05) is 54.4 Å². The van der Waals surface area contributed by atoms with Gasteiger partial charge in [-0.2, -0.15) is 13.2 Å². The molecular weight excluding hydrogens is 421 g/mol. The molecule has 4 rings (SSSR count). The zero-order chi connectivity index (χ0) is 22.7. The first-order chi connectivity index (χ1) is 15.3. The van der Waals surface area contributed by atoms with Crippen LogP contribution in [-0.2, 0) is 4.79 Å². The van der Waals surface area contributed by atoms with E-state index in [-0.39, 0.29) is 25.4 Å². The van der Waals surface area contributed by atoms with Gasteiger partial charge in [0.25, 0.3) is 5.91 Å². The lowest BCUT2D eigenvalue weighted by atomic mass is 9.96. The van der Waals surface area contributed by atoms with E-state index < -0.39 is 12.1 Å². The van der Waals surface area contributed by atoms with Crippen molar-refractivity contribution in [3.63, 3.8) is 0 Å². The van der Waals surface area contributed by atoms with Gasteiger partial charge in [0.15, 0.2) is 6.61 Å². The van der Waals surface area contributed by atoms with Crippen LogP contribution in [0.4, 0.5) is 35.9 Å². The number of carbonyl (C=O) groups excluding carboxylic acids is 1. The molecule has 2 aliphatic rings. The van der Waals surface area contributed by atoms with Crippen molar-refractivity contribution in [3.05, 3.63) is 42.5 Å². The molecule has 6 nitrogen and oxygen atoms in total. The van der Waals surface area contributed by atoms with Gasteiger partial charge in [0.05, 0.1) is 11.6 Å². The molecule has 0 unspecified atom stereocenters. The van der Waals surface area contributed by atoms with Gasteiger partial charge in [0.1, 0.15) is 5.75 Å². The highest BCUT2D eigenvalue weighted by Gasteiger charge is 2.41. The number of alkyl halides is 3. The van der Waals surface area contributed by atoms with E-state index in [1.54, 1.807) is 4.90 Å². The van der Waals surface area contributed by atoms with Gasteiger partial charge < -0.3 is 25.2 Å². The van der Waals surface area contributed by atoms with Crippen molar-refractivity contribution in [2.24, 2.45) is 5.92 Å². The van der Waals surface area contributed by atoms with Gasteiger partial charge >= 0.3 is 6.18 Å². The molecule has 2 aliphatic heterocycles. The zero-order valence-electron chi connectivity index (χ0n) is 17.9. The summed E-state index contributed by atoms with van der Waals surface area (Å²) in [6, 6.07) is 13.3. The van der Waals surface area contributed by atoms with Crippen LogP contribution in [0.5, 0.6) is 5.75 Å². The predicted octanol–water partition coefficient (Wildman–Crippen LogP) is 4.15. The first-order valence-electron chi connectivity index (χ1n) is 10.8. The molecule has 0 saturated carbocycles. The molecule has 1 amide bonds. The highest BCUT2D eigenvalue weighted by Crippen LogP contribution is 2.37. The van der Waals surface area contributed by atoms with Crippen LogP contribution in [0.3, 0.4) is 0 Å². The molecule has 172 valence electrons. The van der Waals surface area contributed by atoms with Crippen LogP contribution in [-0.4, -0.2) is 51.9 Å². The second kappa shape index (κ2) is 9.28. The third kappa shape index (κ3) is 4.93. The molecule has 0 bridgehead atoms. The fraction of sp³-hybridized carbons (Fsp3) is 0.435. The van der Waals surface area contributed by atoms with Gasteiger partial charge in [-0.15, -0.1) is 0 Å². The van der Waals surface area contributed by atoms with Gasteiger partial charge in [0, 0.05) is 49.3 Å². The quantitative estimate of drug-likeness (QED) is 0.695. The Labute approximate surface area is 185 Å². The Balaban J connectivity index is 1.39. The van der Waals surface area contributed by atoms with E-state index in [2.05, 4.69) is 10.6 Å². The Morgan fingerprint density at radius 1 is 1.06 bits per heavy atom. The van der Waals surface area contributed by atoms with Gasteiger partial charge in [-0.3, -0.25) is 4.79 Å². The van der Waals surface area contributed by atoms with Gasteiger partial charge in [0.2, 0.25) is 0 Å². The molecule has 0 radical (unpaired) electrons. The third-order valence-corrected chi connectivity index (χ3v) is 5.97. The number of piperidine rings is 1. The first-order valence-corrected chi connectivity index (χ1v) is 10.8. The molecule has 2 aromatic carbocycles. The summed E-state index contributed by atoms with van der Waals surface area (Å²) in [7, 11) is 1.84. The molecule has 9 heteroatoms. The lowest BCUT2D eigenvalue weighted by Crippen LogP contribution is -2.42. The van der Waals surface area contributed by atoms with Crippen LogP contribution in [0.25, 0.3) is 0 Å².